The molecule has 5 aromatic rings. The van der Waals surface area contributed by atoms with Crippen LogP contribution in [0.25, 0.3) is 22.3 Å². The van der Waals surface area contributed by atoms with Crippen molar-refractivity contribution in [3.05, 3.63) is 90.0 Å². The van der Waals surface area contributed by atoms with Gasteiger partial charge in [0.25, 0.3) is 11.8 Å². The number of rotatable bonds is 8. The summed E-state index contributed by atoms with van der Waals surface area (Å²) in [5.74, 6) is -0.356. The maximum Gasteiger partial charge on any atom is 0.262 e. The molecule has 0 saturated carbocycles. The molecule has 298 valence electrons. The predicted molar refractivity (Wildman–Crippen MR) is 215 cm³/mol. The van der Waals surface area contributed by atoms with Crippen LogP contribution in [0.4, 0.5) is 15.9 Å². The van der Waals surface area contributed by atoms with Gasteiger partial charge in [-0.25, -0.2) is 19.0 Å². The fourth-order valence-corrected chi connectivity index (χ4v) is 9.53. The lowest BCUT2D eigenvalue weighted by molar-refractivity contribution is -0.126. The number of ether oxygens (including phenoxy) is 1. The first-order valence-corrected chi connectivity index (χ1v) is 20.3. The lowest BCUT2D eigenvalue weighted by Crippen LogP contribution is -2.62. The summed E-state index contributed by atoms with van der Waals surface area (Å²) in [6, 6.07) is 19.7. The van der Waals surface area contributed by atoms with Crippen molar-refractivity contribution in [2.24, 2.45) is 0 Å². The normalized spacial score (nSPS) is 21.4. The Labute approximate surface area is 334 Å². The van der Waals surface area contributed by atoms with Crippen LogP contribution in [0.2, 0.25) is 0 Å². The minimum Gasteiger partial charge on any atom is -0.454 e. The van der Waals surface area contributed by atoms with E-state index < -0.39 is 11.9 Å². The number of carbonyl (C=O) groups is 3. The molecule has 5 aliphatic rings. The number of benzene rings is 3. The van der Waals surface area contributed by atoms with Crippen LogP contribution in [-0.4, -0.2) is 116 Å². The number of nitrogens with one attached hydrogen (secondary N) is 1. The number of fused-ring (bicyclic) bond motifs is 2. The van der Waals surface area contributed by atoms with Crippen molar-refractivity contribution in [1.82, 2.24) is 39.8 Å². The van der Waals surface area contributed by atoms with Gasteiger partial charge in [-0.2, -0.15) is 5.10 Å². The predicted octanol–water partition coefficient (Wildman–Crippen LogP) is 4.87. The van der Waals surface area contributed by atoms with Crippen molar-refractivity contribution in [3.8, 4) is 22.8 Å². The van der Waals surface area contributed by atoms with Crippen LogP contribution < -0.4 is 20.7 Å². The smallest absolute Gasteiger partial charge is 0.262 e. The summed E-state index contributed by atoms with van der Waals surface area (Å²) in [6.07, 6.45) is 6.89. The summed E-state index contributed by atoms with van der Waals surface area (Å²) in [7, 11) is 0. The number of imide groups is 1. The molecule has 5 aliphatic heterocycles. The zero-order chi connectivity index (χ0) is 39.5. The Hall–Kier alpha value is -5.93. The second kappa shape index (κ2) is 14.8. The third-order valence-electron chi connectivity index (χ3n) is 12.8. The lowest BCUT2D eigenvalue weighted by Gasteiger charge is -2.50. The van der Waals surface area contributed by atoms with Gasteiger partial charge in [-0.3, -0.25) is 24.2 Å². The van der Waals surface area contributed by atoms with E-state index in [1.54, 1.807) is 36.4 Å². The molecule has 0 aliphatic carbocycles. The van der Waals surface area contributed by atoms with Gasteiger partial charge in [0, 0.05) is 69.1 Å². The largest absolute Gasteiger partial charge is 0.454 e. The van der Waals surface area contributed by atoms with Crippen molar-refractivity contribution < 1.29 is 23.5 Å². The van der Waals surface area contributed by atoms with Gasteiger partial charge in [0.2, 0.25) is 5.91 Å². The van der Waals surface area contributed by atoms with E-state index in [4.69, 9.17) is 15.6 Å². The maximum absolute atomic E-state index is 14.2. The van der Waals surface area contributed by atoms with E-state index in [1.807, 2.05) is 28.9 Å². The van der Waals surface area contributed by atoms with Crippen molar-refractivity contribution in [2.45, 2.75) is 62.7 Å². The number of anilines is 2. The van der Waals surface area contributed by atoms with E-state index in [9.17, 15) is 18.8 Å². The van der Waals surface area contributed by atoms with Crippen LogP contribution in [0.3, 0.4) is 0 Å². The number of carbonyl (C=O) groups excluding carboxylic acids is 3. The molecule has 2 aromatic heterocycles. The number of nitrogens with zero attached hydrogens (tertiary/aromatic N) is 8. The molecule has 1 unspecified atom stereocenters. The summed E-state index contributed by atoms with van der Waals surface area (Å²) in [5.41, 5.74) is 10.4. The number of halogens is 1. The second-order valence-corrected chi connectivity index (χ2v) is 16.1. The Morgan fingerprint density at radius 3 is 2.22 bits per heavy atom. The second-order valence-electron chi connectivity index (χ2n) is 16.1. The molecule has 3 aromatic carbocycles. The van der Waals surface area contributed by atoms with E-state index in [0.717, 1.165) is 98.6 Å². The molecule has 4 fully saturated rings. The van der Waals surface area contributed by atoms with Crippen molar-refractivity contribution in [1.29, 1.82) is 0 Å². The van der Waals surface area contributed by atoms with E-state index in [0.29, 0.717) is 53.4 Å². The molecule has 14 nitrogen and oxygen atoms in total. The number of piperidine rings is 3. The Kier molecular flexibility index (Phi) is 9.28. The Morgan fingerprint density at radius 2 is 1.48 bits per heavy atom. The fourth-order valence-electron chi connectivity index (χ4n) is 9.53. The highest BCUT2D eigenvalue weighted by molar-refractivity contribution is 6.23. The van der Waals surface area contributed by atoms with Crippen LogP contribution in [0.5, 0.6) is 11.5 Å². The van der Waals surface area contributed by atoms with Gasteiger partial charge in [0.05, 0.1) is 22.6 Å². The monoisotopic (exact) mass is 784 g/mol. The highest BCUT2D eigenvalue weighted by Crippen LogP contribution is 2.37. The maximum atomic E-state index is 14.2. The third-order valence-corrected chi connectivity index (χ3v) is 12.8. The highest BCUT2D eigenvalue weighted by Gasteiger charge is 2.44. The van der Waals surface area contributed by atoms with E-state index in [1.165, 1.54) is 12.4 Å². The number of amides is 3. The fraction of sp³-hybridized carbons (Fsp3) is 0.395. The van der Waals surface area contributed by atoms with E-state index in [2.05, 4.69) is 30.0 Å². The number of hydrogen-bond acceptors (Lipinski definition) is 11. The number of para-hydroxylation sites is 1. The van der Waals surface area contributed by atoms with Crippen LogP contribution in [0.15, 0.2) is 73.1 Å². The highest BCUT2D eigenvalue weighted by atomic mass is 19.1. The summed E-state index contributed by atoms with van der Waals surface area (Å²) >= 11 is 0. The summed E-state index contributed by atoms with van der Waals surface area (Å²) in [4.78, 5) is 56.6. The number of nitrogen functional groups attached to an aromatic ring is 1. The van der Waals surface area contributed by atoms with Crippen molar-refractivity contribution in [3.63, 3.8) is 0 Å². The topological polar surface area (TPSA) is 155 Å². The van der Waals surface area contributed by atoms with Gasteiger partial charge in [0.1, 0.15) is 29.6 Å². The molecule has 4 saturated heterocycles. The SMILES string of the molecule is Nc1ncnc2c1c(-c1ccc(Oc3ccccc3F)cc1)nn2C1CCN(C2CCN(C3CN(c4ccc5c(c4)C(=O)N(C4CCCNC4=O)C5=O)C3)CC2)CC1. The first-order valence-electron chi connectivity index (χ1n) is 20.3. The average Bonchev–Trinajstić information content (AvgIpc) is 3.74. The number of aromatic nitrogens is 4. The Morgan fingerprint density at radius 1 is 0.776 bits per heavy atom. The lowest BCUT2D eigenvalue weighted by atomic mass is 9.95. The average molecular weight is 785 g/mol. The Balaban J connectivity index is 0.736. The van der Waals surface area contributed by atoms with Gasteiger partial charge in [-0.1, -0.05) is 12.1 Å². The molecule has 10 rings (SSSR count). The zero-order valence-electron chi connectivity index (χ0n) is 32.1. The van der Waals surface area contributed by atoms with Crippen LogP contribution in [0.1, 0.15) is 65.3 Å². The molecule has 1 atom stereocenters. The minimum absolute atomic E-state index is 0.166. The van der Waals surface area contributed by atoms with E-state index >= 15 is 0 Å². The number of nitrogens with two attached hydrogens (primary N) is 1. The molecule has 3 amide bonds. The van der Waals surface area contributed by atoms with Crippen LogP contribution in [-0.2, 0) is 4.79 Å². The molecule has 0 bridgehead atoms. The molecule has 0 spiro atoms. The van der Waals surface area contributed by atoms with Gasteiger partial charge >= 0.3 is 0 Å². The molecule has 3 N–H and O–H groups in total. The van der Waals surface area contributed by atoms with Crippen LogP contribution in [0, 0.1) is 5.82 Å². The standard InChI is InChI=1S/C43H45FN10O4/c44-34-4-1-2-6-36(34)58-31-10-7-26(8-11-31)38-37-39(45)47-25-48-40(37)54(49-38)28-15-20-50(21-16-28)27-13-18-51(19-14-27)30-23-52(24-30)29-9-12-32-33(22-29)43(57)53(42(32)56)35-5-3-17-46-41(35)55/h1-2,4,6-12,22,25,27-28,30,35H,3,5,13-21,23-24H2,(H,46,55)(H2,45,47,48). The first kappa shape index (κ1) is 36.4. The quantitative estimate of drug-likeness (QED) is 0.207. The summed E-state index contributed by atoms with van der Waals surface area (Å²) in [6.45, 7) is 6.39. The molecular formula is C43H45FN10O4. The third kappa shape index (κ3) is 6.42. The zero-order valence-corrected chi connectivity index (χ0v) is 32.1. The van der Waals surface area contributed by atoms with Crippen LogP contribution >= 0.6 is 0 Å². The van der Waals surface area contributed by atoms with E-state index in [-0.39, 0.29) is 29.5 Å². The Bertz CT molecular complexity index is 2400. The first-order chi connectivity index (χ1) is 28.3. The summed E-state index contributed by atoms with van der Waals surface area (Å²) in [5, 5.41) is 8.60. The van der Waals surface area contributed by atoms with Gasteiger partial charge < -0.3 is 25.6 Å². The van der Waals surface area contributed by atoms with Crippen molar-refractivity contribution in [2.75, 3.05) is 56.4 Å². The number of likely N-dealkylation sites (tertiary alicyclic amines) is 2. The molecule has 7 heterocycles. The number of hydrogen-bond donors (Lipinski definition) is 2. The molecule has 0 radical (unpaired) electrons. The minimum atomic E-state index is -0.736. The van der Waals surface area contributed by atoms with Gasteiger partial charge in [-0.05, 0) is 93.1 Å². The molecule has 15 heteroatoms. The summed E-state index contributed by atoms with van der Waals surface area (Å²) < 4.78 is 22.0. The molecule has 58 heavy (non-hydrogen) atoms. The van der Waals surface area contributed by atoms with Crippen molar-refractivity contribution >= 4 is 40.3 Å². The van der Waals surface area contributed by atoms with Gasteiger partial charge in [0.15, 0.2) is 17.2 Å². The molecular weight excluding hydrogens is 740 g/mol. The van der Waals surface area contributed by atoms with Gasteiger partial charge in [-0.15, -0.1) is 0 Å².